The molecule has 0 saturated heterocycles. The zero-order valence-electron chi connectivity index (χ0n) is 28.2. The van der Waals surface area contributed by atoms with Gasteiger partial charge in [0.05, 0.1) is 0 Å². The first-order chi connectivity index (χ1) is 23.2. The highest BCUT2D eigenvalue weighted by Crippen LogP contribution is 2.38. The Labute approximate surface area is 287 Å². The Morgan fingerprint density at radius 2 is 0.667 bits per heavy atom. The number of rotatable bonds is 11. The fraction of sp³-hybridized carbons (Fsp3) is 0.143. The molecule has 0 heterocycles. The van der Waals surface area contributed by atoms with Crippen LogP contribution in [0.15, 0.2) is 121 Å². The molecule has 6 rings (SSSR count). The van der Waals surface area contributed by atoms with Crippen LogP contribution >= 0.6 is 17.6 Å². The van der Waals surface area contributed by atoms with E-state index in [2.05, 4.69) is 114 Å². The Morgan fingerprint density at radius 1 is 0.333 bits per heavy atom. The van der Waals surface area contributed by atoms with E-state index in [1.165, 1.54) is 11.1 Å². The maximum atomic E-state index is 6.30. The van der Waals surface area contributed by atoms with Gasteiger partial charge in [-0.25, -0.2) is 0 Å². The van der Waals surface area contributed by atoms with Gasteiger partial charge in [0.15, 0.2) is 23.0 Å². The Kier molecular flexibility index (Phi) is 10.5. The molecule has 0 aliphatic heterocycles. The van der Waals surface area contributed by atoms with Crippen LogP contribution in [0.2, 0.25) is 0 Å². The third kappa shape index (κ3) is 8.45. The van der Waals surface area contributed by atoms with E-state index in [9.17, 15) is 0 Å². The van der Waals surface area contributed by atoms with Crippen LogP contribution in [-0.4, -0.2) is 0 Å². The topological polar surface area (TPSA) is 36.9 Å². The van der Waals surface area contributed by atoms with Gasteiger partial charge in [-0.3, -0.25) is 0 Å². The van der Waals surface area contributed by atoms with Gasteiger partial charge in [-0.2, -0.15) is 0 Å². The minimum absolute atomic E-state index is 0.150. The first kappa shape index (κ1) is 33.3. The molecule has 0 N–H and O–H groups in total. The van der Waals surface area contributed by atoms with E-state index in [0.717, 1.165) is 78.5 Å². The van der Waals surface area contributed by atoms with Gasteiger partial charge in [0.2, 0.25) is 0 Å². The molecule has 0 saturated carbocycles. The first-order valence-corrected chi connectivity index (χ1v) is 17.8. The zero-order chi connectivity index (χ0) is 33.6. The monoisotopic (exact) mass is 670 g/mol. The molecule has 0 fully saturated rings. The molecule has 6 aromatic carbocycles. The smallest absolute Gasteiger partial charge is 0.169 e. The van der Waals surface area contributed by atoms with Crippen molar-refractivity contribution in [1.82, 2.24) is 0 Å². The van der Waals surface area contributed by atoms with Gasteiger partial charge in [-0.1, -0.05) is 96.1 Å². The largest absolute Gasteiger partial charge is 0.469 e. The highest BCUT2D eigenvalue weighted by atomic mass is 31.1. The lowest BCUT2D eigenvalue weighted by Gasteiger charge is -2.15. The number of hydrogen-bond acceptors (Lipinski definition) is 4. The summed E-state index contributed by atoms with van der Waals surface area (Å²) in [4.78, 5) is 0. The van der Waals surface area contributed by atoms with Crippen LogP contribution in [0.1, 0.15) is 33.4 Å². The lowest BCUT2D eigenvalue weighted by Crippen LogP contribution is -1.99. The Bertz CT molecular complexity index is 1890. The second kappa shape index (κ2) is 15.1. The molecule has 0 aromatic heterocycles. The zero-order valence-corrected chi connectivity index (χ0v) is 30.2. The summed E-state index contributed by atoms with van der Waals surface area (Å²) in [5.41, 5.74) is 9.16. The van der Waals surface area contributed by atoms with E-state index < -0.39 is 0 Å². The van der Waals surface area contributed by atoms with E-state index in [1.807, 2.05) is 48.5 Å². The van der Waals surface area contributed by atoms with Crippen LogP contribution in [0.3, 0.4) is 0 Å². The van der Waals surface area contributed by atoms with E-state index in [0.29, 0.717) is 0 Å². The second-order valence-electron chi connectivity index (χ2n) is 12.2. The molecule has 2 atom stereocenters. The SMILES string of the molecule is Cc1ccc(Oc2cc(C)ccc2OPc2ccc(-c3ccc(POc4ccc(C)cc4Oc4ccc(C)cc4C)cc3)cc2)c(C)c1. The van der Waals surface area contributed by atoms with Gasteiger partial charge in [-0.05, 0) is 111 Å². The van der Waals surface area contributed by atoms with Crippen molar-refractivity contribution in [3.8, 4) is 45.6 Å². The Morgan fingerprint density at radius 3 is 1.02 bits per heavy atom. The fourth-order valence-electron chi connectivity index (χ4n) is 5.31. The fourth-order valence-corrected chi connectivity index (χ4v) is 6.71. The number of aryl methyl sites for hydroxylation is 6. The van der Waals surface area contributed by atoms with Gasteiger partial charge in [0, 0.05) is 10.6 Å². The Hall–Kier alpha value is -4.62. The van der Waals surface area contributed by atoms with Crippen molar-refractivity contribution in [3.63, 3.8) is 0 Å². The van der Waals surface area contributed by atoms with Crippen molar-refractivity contribution in [3.05, 3.63) is 155 Å². The predicted octanol–water partition coefficient (Wildman–Crippen LogP) is 11.4. The van der Waals surface area contributed by atoms with Crippen molar-refractivity contribution in [2.24, 2.45) is 0 Å². The molecule has 0 bridgehead atoms. The molecule has 0 aliphatic carbocycles. The summed E-state index contributed by atoms with van der Waals surface area (Å²) in [6.07, 6.45) is 0. The molecule has 0 aliphatic rings. The molecule has 4 nitrogen and oxygen atoms in total. The van der Waals surface area contributed by atoms with Gasteiger partial charge in [0.1, 0.15) is 29.1 Å². The normalized spacial score (nSPS) is 11.4. The average molecular weight is 671 g/mol. The van der Waals surface area contributed by atoms with Crippen molar-refractivity contribution in [2.45, 2.75) is 41.5 Å². The third-order valence-electron chi connectivity index (χ3n) is 7.96. The molecule has 6 aromatic rings. The van der Waals surface area contributed by atoms with Gasteiger partial charge in [-0.15, -0.1) is 0 Å². The molecule has 0 spiro atoms. The van der Waals surface area contributed by atoms with Gasteiger partial charge < -0.3 is 18.5 Å². The van der Waals surface area contributed by atoms with Crippen LogP contribution in [0.4, 0.5) is 0 Å². The van der Waals surface area contributed by atoms with Crippen molar-refractivity contribution in [2.75, 3.05) is 0 Å². The van der Waals surface area contributed by atoms with Crippen LogP contribution in [0.5, 0.6) is 34.5 Å². The molecular weight excluding hydrogens is 630 g/mol. The predicted molar refractivity (Wildman–Crippen MR) is 203 cm³/mol. The van der Waals surface area contributed by atoms with Crippen LogP contribution < -0.4 is 29.1 Å². The molecule has 0 radical (unpaired) electrons. The second-order valence-corrected chi connectivity index (χ2v) is 14.2. The number of hydrogen-bond donors (Lipinski definition) is 0. The van der Waals surface area contributed by atoms with Crippen molar-refractivity contribution in [1.29, 1.82) is 0 Å². The minimum Gasteiger partial charge on any atom is -0.469 e. The molecule has 6 heteroatoms. The third-order valence-corrected chi connectivity index (χ3v) is 9.74. The summed E-state index contributed by atoms with van der Waals surface area (Å²) in [7, 11) is 0.301. The van der Waals surface area contributed by atoms with Crippen LogP contribution in [0, 0.1) is 41.5 Å². The molecule has 2 unspecified atom stereocenters. The average Bonchev–Trinajstić information content (AvgIpc) is 3.07. The van der Waals surface area contributed by atoms with E-state index in [4.69, 9.17) is 18.5 Å². The summed E-state index contributed by atoms with van der Waals surface area (Å²) < 4.78 is 25.2. The lowest BCUT2D eigenvalue weighted by molar-refractivity contribution is 0.454. The summed E-state index contributed by atoms with van der Waals surface area (Å²) in [5, 5.41) is 2.22. The highest BCUT2D eigenvalue weighted by molar-refractivity contribution is 7.42. The summed E-state index contributed by atoms with van der Waals surface area (Å²) in [6, 6.07) is 41.6. The maximum absolute atomic E-state index is 6.30. The van der Waals surface area contributed by atoms with E-state index >= 15 is 0 Å². The molecular formula is C42H40O4P2. The number of benzene rings is 6. The molecule has 48 heavy (non-hydrogen) atoms. The van der Waals surface area contributed by atoms with Gasteiger partial charge in [0.25, 0.3) is 0 Å². The Balaban J connectivity index is 1.07. The van der Waals surface area contributed by atoms with Crippen LogP contribution in [0.25, 0.3) is 11.1 Å². The van der Waals surface area contributed by atoms with Gasteiger partial charge >= 0.3 is 0 Å². The van der Waals surface area contributed by atoms with Crippen molar-refractivity contribution >= 4 is 28.2 Å². The first-order valence-electron chi connectivity index (χ1n) is 16.0. The van der Waals surface area contributed by atoms with E-state index in [1.54, 1.807) is 0 Å². The minimum atomic E-state index is 0.150. The quantitative estimate of drug-likeness (QED) is 0.129. The van der Waals surface area contributed by atoms with Crippen LogP contribution in [-0.2, 0) is 0 Å². The highest BCUT2D eigenvalue weighted by Gasteiger charge is 2.12. The standard InChI is InChI=1S/C42H40O4P2/c1-27-7-19-37(31(5)23-27)43-41-25-29(3)9-21-39(41)45-47-35-15-11-33(12-16-35)34-13-17-36(18-14-34)48-46-40-22-10-30(4)26-42(40)44-38-20-8-28(2)24-32(38)6/h7-26,47-48H,1-6H3. The number of ether oxygens (including phenoxy) is 2. The molecule has 0 amide bonds. The lowest BCUT2D eigenvalue weighted by atomic mass is 10.1. The van der Waals surface area contributed by atoms with Crippen molar-refractivity contribution < 1.29 is 18.5 Å². The summed E-state index contributed by atoms with van der Waals surface area (Å²) in [5.74, 6) is 4.59. The maximum Gasteiger partial charge on any atom is 0.169 e. The van der Waals surface area contributed by atoms with E-state index in [-0.39, 0.29) is 17.6 Å². The summed E-state index contributed by atoms with van der Waals surface area (Å²) >= 11 is 0. The summed E-state index contributed by atoms with van der Waals surface area (Å²) in [6.45, 7) is 12.4. The molecule has 242 valence electrons.